The van der Waals surface area contributed by atoms with Crippen LogP contribution in [0, 0.1) is 11.3 Å². The highest BCUT2D eigenvalue weighted by Gasteiger charge is 2.36. The summed E-state index contributed by atoms with van der Waals surface area (Å²) in [6, 6.07) is 21.0. The summed E-state index contributed by atoms with van der Waals surface area (Å²) in [5, 5.41) is 13.6. The second-order valence-electron chi connectivity index (χ2n) is 12.9. The molecule has 2 saturated heterocycles. The molecule has 3 heterocycles. The van der Waals surface area contributed by atoms with Crippen molar-refractivity contribution in [3.63, 3.8) is 0 Å². The molecule has 2 unspecified atom stereocenters. The van der Waals surface area contributed by atoms with Crippen molar-refractivity contribution in [2.75, 3.05) is 33.3 Å². The SMILES string of the molecule is COc1ccc(S(=O)(=O)n2c(=O)n(C(C(=O)N3CCCC(NC4CCN(C(C)C)CC4)C3)c3ccccc3)c3cc(C#N)ccc32)cc1. The molecule has 1 amide bonds. The number of nitriles is 1. The number of hydrogen-bond donors (Lipinski definition) is 1. The Morgan fingerprint density at radius 2 is 1.65 bits per heavy atom. The highest BCUT2D eigenvalue weighted by atomic mass is 32.2. The summed E-state index contributed by atoms with van der Waals surface area (Å²) >= 11 is 0. The Hall–Kier alpha value is -4.44. The van der Waals surface area contributed by atoms with Crippen LogP contribution in [0.1, 0.15) is 56.7 Å². The summed E-state index contributed by atoms with van der Waals surface area (Å²) in [5.74, 6) is 0.167. The molecule has 6 rings (SSSR count). The van der Waals surface area contributed by atoms with Crippen LogP contribution in [-0.2, 0) is 14.8 Å². The Morgan fingerprint density at radius 3 is 2.29 bits per heavy atom. The number of imidazole rings is 1. The van der Waals surface area contributed by atoms with Gasteiger partial charge in [-0.25, -0.2) is 13.2 Å². The van der Waals surface area contributed by atoms with Gasteiger partial charge in [0.05, 0.1) is 34.7 Å². The molecule has 0 saturated carbocycles. The number of rotatable bonds is 9. The van der Waals surface area contributed by atoms with E-state index in [9.17, 15) is 23.3 Å². The van der Waals surface area contributed by atoms with Gasteiger partial charge in [-0.15, -0.1) is 0 Å². The quantitative estimate of drug-likeness (QED) is 0.283. The van der Waals surface area contributed by atoms with Gasteiger partial charge in [-0.1, -0.05) is 30.3 Å². The van der Waals surface area contributed by atoms with Crippen molar-refractivity contribution in [1.82, 2.24) is 23.7 Å². The van der Waals surface area contributed by atoms with E-state index in [1.54, 1.807) is 29.2 Å². The summed E-state index contributed by atoms with van der Waals surface area (Å²) in [7, 11) is -2.94. The van der Waals surface area contributed by atoms with Crippen LogP contribution in [0.15, 0.2) is 82.5 Å². The number of piperidine rings is 2. The lowest BCUT2D eigenvalue weighted by molar-refractivity contribution is -0.135. The summed E-state index contributed by atoms with van der Waals surface area (Å²) in [6.45, 7) is 7.52. The van der Waals surface area contributed by atoms with E-state index in [1.165, 1.54) is 54.1 Å². The Bertz CT molecular complexity index is 1970. The van der Waals surface area contributed by atoms with Crippen molar-refractivity contribution >= 4 is 27.0 Å². The number of aromatic nitrogens is 2. The molecule has 2 aliphatic rings. The first-order valence-electron chi connectivity index (χ1n) is 16.5. The van der Waals surface area contributed by atoms with Gasteiger partial charge in [0.1, 0.15) is 11.8 Å². The van der Waals surface area contributed by atoms with Gasteiger partial charge >= 0.3 is 5.69 Å². The zero-order valence-corrected chi connectivity index (χ0v) is 28.4. The molecule has 0 bridgehead atoms. The molecule has 0 aliphatic carbocycles. The van der Waals surface area contributed by atoms with Crippen molar-refractivity contribution in [2.24, 2.45) is 0 Å². The van der Waals surface area contributed by atoms with Gasteiger partial charge in [-0.3, -0.25) is 9.36 Å². The standard InChI is InChI=1S/C36H42N6O5S/c1-25(2)39-20-17-28(18-21-39)38-29-10-7-19-40(24-29)35(43)34(27-8-5-4-6-9-27)41-33-22-26(23-37)11-16-32(33)42(36(41)44)48(45,46)31-14-12-30(47-3)13-15-31/h4-6,8-9,11-16,22,25,28-29,34,38H,7,10,17-21,24H2,1-3H3. The van der Waals surface area contributed by atoms with Crippen molar-refractivity contribution in [3.8, 4) is 11.8 Å². The molecular weight excluding hydrogens is 629 g/mol. The van der Waals surface area contributed by atoms with Crippen LogP contribution < -0.4 is 15.7 Å². The van der Waals surface area contributed by atoms with Crippen LogP contribution in [0.2, 0.25) is 0 Å². The highest BCUT2D eigenvalue weighted by molar-refractivity contribution is 7.90. The fraction of sp³-hybridized carbons (Fsp3) is 0.417. The van der Waals surface area contributed by atoms with Crippen LogP contribution in [0.4, 0.5) is 0 Å². The Labute approximate surface area is 281 Å². The third-order valence-corrected chi connectivity index (χ3v) is 11.3. The molecule has 3 aromatic carbocycles. The Morgan fingerprint density at radius 1 is 0.938 bits per heavy atom. The van der Waals surface area contributed by atoms with Crippen molar-refractivity contribution in [2.45, 2.75) is 68.6 Å². The molecule has 2 atom stereocenters. The highest BCUT2D eigenvalue weighted by Crippen LogP contribution is 2.29. The van der Waals surface area contributed by atoms with E-state index < -0.39 is 21.8 Å². The van der Waals surface area contributed by atoms with Gasteiger partial charge in [0.15, 0.2) is 0 Å². The Balaban J connectivity index is 1.40. The van der Waals surface area contributed by atoms with E-state index in [-0.39, 0.29) is 33.4 Å². The van der Waals surface area contributed by atoms with E-state index >= 15 is 0 Å². The fourth-order valence-electron chi connectivity index (χ4n) is 7.04. The number of ether oxygens (including phenoxy) is 1. The lowest BCUT2D eigenvalue weighted by Gasteiger charge is -2.40. The first-order chi connectivity index (χ1) is 23.1. The number of likely N-dealkylation sites (tertiary alicyclic amines) is 2. The van der Waals surface area contributed by atoms with Gasteiger partial charge in [0, 0.05) is 31.2 Å². The lowest BCUT2D eigenvalue weighted by atomic mass is 9.98. The molecule has 48 heavy (non-hydrogen) atoms. The van der Waals surface area contributed by atoms with Crippen molar-refractivity contribution < 1.29 is 17.9 Å². The number of benzene rings is 3. The largest absolute Gasteiger partial charge is 0.497 e. The van der Waals surface area contributed by atoms with E-state index in [2.05, 4.69) is 30.1 Å². The predicted octanol–water partition coefficient (Wildman–Crippen LogP) is 3.96. The number of hydrogen-bond acceptors (Lipinski definition) is 8. The first kappa shape index (κ1) is 33.5. The molecule has 11 nitrogen and oxygen atoms in total. The normalized spacial score (nSPS) is 18.6. The molecule has 2 fully saturated rings. The number of nitrogens with one attached hydrogen (secondary N) is 1. The molecule has 252 valence electrons. The zero-order valence-electron chi connectivity index (χ0n) is 27.6. The maximum Gasteiger partial charge on any atom is 0.344 e. The van der Waals surface area contributed by atoms with Crippen LogP contribution in [0.25, 0.3) is 11.0 Å². The molecule has 0 radical (unpaired) electrons. The molecular formula is C36H42N6O5S. The van der Waals surface area contributed by atoms with E-state index in [4.69, 9.17) is 4.74 Å². The van der Waals surface area contributed by atoms with Crippen LogP contribution in [0.5, 0.6) is 5.75 Å². The molecule has 0 spiro atoms. The van der Waals surface area contributed by atoms with Crippen molar-refractivity contribution in [1.29, 1.82) is 5.26 Å². The average Bonchev–Trinajstić information content (AvgIpc) is 3.40. The van der Waals surface area contributed by atoms with E-state index in [0.717, 1.165) is 42.7 Å². The van der Waals surface area contributed by atoms with Crippen molar-refractivity contribution in [3.05, 3.63) is 94.4 Å². The minimum Gasteiger partial charge on any atom is -0.497 e. The lowest BCUT2D eigenvalue weighted by Crippen LogP contribution is -2.54. The minimum absolute atomic E-state index is 0.0782. The molecule has 4 aromatic rings. The van der Waals surface area contributed by atoms with Crippen LogP contribution in [-0.4, -0.2) is 84.1 Å². The topological polar surface area (TPSA) is 130 Å². The van der Waals surface area contributed by atoms with Gasteiger partial charge < -0.3 is 19.9 Å². The molecule has 1 N–H and O–H groups in total. The van der Waals surface area contributed by atoms with Gasteiger partial charge in [-0.05, 0) is 101 Å². The van der Waals surface area contributed by atoms with Gasteiger partial charge in [0.25, 0.3) is 15.9 Å². The van der Waals surface area contributed by atoms with Gasteiger partial charge in [-0.2, -0.15) is 9.23 Å². The maximum atomic E-state index is 14.7. The maximum absolute atomic E-state index is 14.7. The number of amides is 1. The Kier molecular flexibility index (Phi) is 9.73. The number of carbonyl (C=O) groups is 1. The second-order valence-corrected chi connectivity index (χ2v) is 14.7. The van der Waals surface area contributed by atoms with E-state index in [1.807, 2.05) is 6.07 Å². The third kappa shape index (κ3) is 6.50. The summed E-state index contributed by atoms with van der Waals surface area (Å²) in [4.78, 5) is 33.4. The fourth-order valence-corrected chi connectivity index (χ4v) is 8.43. The first-order valence-corrected chi connectivity index (χ1v) is 18.0. The average molecular weight is 671 g/mol. The zero-order chi connectivity index (χ0) is 34.0. The number of fused-ring (bicyclic) bond motifs is 1. The smallest absolute Gasteiger partial charge is 0.344 e. The van der Waals surface area contributed by atoms with Crippen LogP contribution >= 0.6 is 0 Å². The van der Waals surface area contributed by atoms with Gasteiger partial charge in [0.2, 0.25) is 0 Å². The summed E-state index contributed by atoms with van der Waals surface area (Å²) in [5.41, 5.74) is 0.155. The minimum atomic E-state index is -4.41. The summed E-state index contributed by atoms with van der Waals surface area (Å²) < 4.78 is 35.4. The second kappa shape index (κ2) is 14.0. The number of methoxy groups -OCH3 is 1. The van der Waals surface area contributed by atoms with Crippen LogP contribution in [0.3, 0.4) is 0 Å². The number of nitrogens with zero attached hydrogens (tertiary/aromatic N) is 5. The summed E-state index contributed by atoms with van der Waals surface area (Å²) in [6.07, 6.45) is 3.84. The molecule has 12 heteroatoms. The monoisotopic (exact) mass is 670 g/mol. The number of carbonyl (C=O) groups excluding carboxylic acids is 1. The third-order valence-electron chi connectivity index (χ3n) is 9.63. The molecule has 2 aliphatic heterocycles. The van der Waals surface area contributed by atoms with E-state index in [0.29, 0.717) is 36.5 Å². The predicted molar refractivity (Wildman–Crippen MR) is 184 cm³/mol. The molecule has 1 aromatic heterocycles.